The molecular formula is C29H17BrClF3N4O4. The van der Waals surface area contributed by atoms with Gasteiger partial charge in [0, 0.05) is 22.2 Å². The predicted molar refractivity (Wildman–Crippen MR) is 156 cm³/mol. The molecule has 5 aromatic rings. The Morgan fingerprint density at radius 2 is 1.79 bits per heavy atom. The van der Waals surface area contributed by atoms with E-state index in [1.165, 1.54) is 36.5 Å². The molecule has 0 aliphatic heterocycles. The molecule has 212 valence electrons. The number of fused-ring (bicyclic) bond motifs is 1. The number of para-hydroxylation sites is 1. The summed E-state index contributed by atoms with van der Waals surface area (Å²) in [6.07, 6.45) is -3.44. The summed E-state index contributed by atoms with van der Waals surface area (Å²) in [5, 5.41) is 16.8. The van der Waals surface area contributed by atoms with Crippen LogP contribution in [0.4, 0.5) is 18.9 Å². The molecule has 13 heteroatoms. The average Bonchev–Trinajstić information content (AvgIpc) is 2.96. The minimum absolute atomic E-state index is 0.00272. The van der Waals surface area contributed by atoms with E-state index in [1.807, 2.05) is 0 Å². The molecule has 0 aliphatic carbocycles. The fourth-order valence-electron chi connectivity index (χ4n) is 4.07. The van der Waals surface area contributed by atoms with Gasteiger partial charge in [0.1, 0.15) is 6.61 Å². The van der Waals surface area contributed by atoms with E-state index < -0.39 is 22.2 Å². The highest BCUT2D eigenvalue weighted by atomic mass is 79.9. The van der Waals surface area contributed by atoms with Gasteiger partial charge in [-0.3, -0.25) is 14.9 Å². The van der Waals surface area contributed by atoms with Crippen LogP contribution in [-0.2, 0) is 12.8 Å². The fourth-order valence-corrected chi connectivity index (χ4v) is 4.77. The van der Waals surface area contributed by atoms with E-state index in [2.05, 4.69) is 26.0 Å². The highest BCUT2D eigenvalue weighted by Crippen LogP contribution is 2.37. The first-order valence-corrected chi connectivity index (χ1v) is 13.3. The van der Waals surface area contributed by atoms with Gasteiger partial charge < -0.3 is 4.74 Å². The lowest BCUT2D eigenvalue weighted by molar-refractivity contribution is -0.386. The summed E-state index contributed by atoms with van der Waals surface area (Å²) >= 11 is 9.20. The van der Waals surface area contributed by atoms with Crippen LogP contribution in [0, 0.1) is 10.1 Å². The average molecular weight is 658 g/mol. The number of rotatable bonds is 7. The van der Waals surface area contributed by atoms with Crippen molar-refractivity contribution in [3.63, 3.8) is 0 Å². The van der Waals surface area contributed by atoms with Crippen molar-refractivity contribution in [1.82, 2.24) is 9.66 Å². The molecule has 0 unspecified atom stereocenters. The normalized spacial score (nSPS) is 11.7. The minimum Gasteiger partial charge on any atom is -0.481 e. The van der Waals surface area contributed by atoms with Crippen LogP contribution in [0.25, 0.3) is 22.3 Å². The van der Waals surface area contributed by atoms with E-state index in [4.69, 9.17) is 16.3 Å². The van der Waals surface area contributed by atoms with E-state index in [-0.39, 0.29) is 50.4 Å². The summed E-state index contributed by atoms with van der Waals surface area (Å²) in [6.45, 7) is 0.0303. The van der Waals surface area contributed by atoms with E-state index in [9.17, 15) is 28.1 Å². The Balaban J connectivity index is 1.57. The monoisotopic (exact) mass is 656 g/mol. The Kier molecular flexibility index (Phi) is 8.10. The minimum atomic E-state index is -4.62. The number of hydrogen-bond acceptors (Lipinski definition) is 6. The molecule has 42 heavy (non-hydrogen) atoms. The lowest BCUT2D eigenvalue weighted by Gasteiger charge is -2.12. The first kappa shape index (κ1) is 29.0. The Hall–Kier alpha value is -4.55. The summed E-state index contributed by atoms with van der Waals surface area (Å²) in [7, 11) is 0. The van der Waals surface area contributed by atoms with Crippen molar-refractivity contribution in [3.05, 3.63) is 132 Å². The van der Waals surface area contributed by atoms with Crippen LogP contribution >= 0.6 is 27.5 Å². The summed E-state index contributed by atoms with van der Waals surface area (Å²) in [5.41, 5.74) is -0.724. The number of hydrogen-bond donors (Lipinski definition) is 0. The molecular weight excluding hydrogens is 641 g/mol. The third kappa shape index (κ3) is 6.19. The number of aromatic nitrogens is 2. The molecule has 0 N–H and O–H groups in total. The quantitative estimate of drug-likeness (QED) is 0.101. The van der Waals surface area contributed by atoms with Gasteiger partial charge in [-0.2, -0.15) is 22.9 Å². The Bertz CT molecular complexity index is 1910. The number of benzene rings is 4. The van der Waals surface area contributed by atoms with Crippen LogP contribution in [0.15, 0.2) is 99.3 Å². The molecule has 0 saturated heterocycles. The second kappa shape index (κ2) is 11.7. The van der Waals surface area contributed by atoms with Crippen molar-refractivity contribution in [2.24, 2.45) is 5.10 Å². The maximum Gasteiger partial charge on any atom is 0.416 e. The van der Waals surface area contributed by atoms with Crippen LogP contribution < -0.4 is 10.3 Å². The highest BCUT2D eigenvalue weighted by Gasteiger charge is 2.31. The van der Waals surface area contributed by atoms with Crippen molar-refractivity contribution in [3.8, 4) is 17.1 Å². The number of nitro benzene ring substituents is 1. The van der Waals surface area contributed by atoms with Crippen LogP contribution in [0.3, 0.4) is 0 Å². The molecule has 0 spiro atoms. The maximum atomic E-state index is 13.4. The lowest BCUT2D eigenvalue weighted by atomic mass is 10.1. The Morgan fingerprint density at radius 3 is 2.50 bits per heavy atom. The van der Waals surface area contributed by atoms with Gasteiger partial charge in [0.25, 0.3) is 5.56 Å². The van der Waals surface area contributed by atoms with E-state index in [0.29, 0.717) is 5.02 Å². The van der Waals surface area contributed by atoms with Gasteiger partial charge in [-0.15, -0.1) is 0 Å². The van der Waals surface area contributed by atoms with E-state index in [1.54, 1.807) is 42.5 Å². The zero-order valence-corrected chi connectivity index (χ0v) is 23.5. The second-order valence-corrected chi connectivity index (χ2v) is 10.2. The highest BCUT2D eigenvalue weighted by molar-refractivity contribution is 9.10. The molecule has 0 radical (unpaired) electrons. The molecule has 5 rings (SSSR count). The van der Waals surface area contributed by atoms with Crippen LogP contribution in [-0.4, -0.2) is 20.8 Å². The summed E-state index contributed by atoms with van der Waals surface area (Å²) in [6, 6.07) is 20.2. The molecule has 1 aromatic heterocycles. The molecule has 8 nitrogen and oxygen atoms in total. The first-order valence-electron chi connectivity index (χ1n) is 12.1. The van der Waals surface area contributed by atoms with Gasteiger partial charge >= 0.3 is 11.9 Å². The molecule has 4 aromatic carbocycles. The van der Waals surface area contributed by atoms with Gasteiger partial charge in [0.2, 0.25) is 5.75 Å². The van der Waals surface area contributed by atoms with Gasteiger partial charge in [-0.25, -0.2) is 4.98 Å². The SMILES string of the molecule is O=c1c2ccccc2nc(-c2cccc(C(F)(F)F)c2)n1N=Cc1cc(Br)c(OCc2ccc(Cl)cc2)c([N+](=O)[O-])c1. The third-order valence-corrected chi connectivity index (χ3v) is 6.90. The van der Waals surface area contributed by atoms with E-state index >= 15 is 0 Å². The molecule has 0 fully saturated rings. The predicted octanol–water partition coefficient (Wildman–Crippen LogP) is 7.87. The second-order valence-electron chi connectivity index (χ2n) is 8.92. The zero-order valence-electron chi connectivity index (χ0n) is 21.2. The lowest BCUT2D eigenvalue weighted by Crippen LogP contribution is -2.20. The molecule has 1 heterocycles. The maximum absolute atomic E-state index is 13.4. The fraction of sp³-hybridized carbons (Fsp3) is 0.0690. The molecule has 0 amide bonds. The smallest absolute Gasteiger partial charge is 0.416 e. The number of nitrogens with zero attached hydrogens (tertiary/aromatic N) is 4. The van der Waals surface area contributed by atoms with Crippen molar-refractivity contribution in [2.45, 2.75) is 12.8 Å². The largest absolute Gasteiger partial charge is 0.481 e. The summed E-state index contributed by atoms with van der Waals surface area (Å²) in [4.78, 5) is 29.1. The molecule has 0 aliphatic rings. The molecule has 0 atom stereocenters. The van der Waals surface area contributed by atoms with Crippen LogP contribution in [0.2, 0.25) is 5.02 Å². The molecule has 0 saturated carbocycles. The van der Waals surface area contributed by atoms with Gasteiger partial charge in [-0.05, 0) is 64.0 Å². The summed E-state index contributed by atoms with van der Waals surface area (Å²) < 4.78 is 47.1. The molecule has 0 bridgehead atoms. The number of alkyl halides is 3. The summed E-state index contributed by atoms with van der Waals surface area (Å²) in [5.74, 6) is -0.168. The standard InChI is InChI=1S/C29H17BrClF3N4O4/c30-23-12-18(13-25(38(40)41)26(23)42-16-17-8-10-21(31)11-9-17)15-35-37-27(19-4-3-5-20(14-19)29(32,33)34)36-24-7-2-1-6-22(24)28(37)39/h1-15H,16H2. The van der Waals surface area contributed by atoms with Crippen molar-refractivity contribution in [2.75, 3.05) is 0 Å². The van der Waals surface area contributed by atoms with Crippen molar-refractivity contribution >= 4 is 50.3 Å². The van der Waals surface area contributed by atoms with E-state index in [0.717, 1.165) is 22.4 Å². The topological polar surface area (TPSA) is 99.6 Å². The number of nitro groups is 1. The first-order chi connectivity index (χ1) is 20.0. The number of halogens is 5. The van der Waals surface area contributed by atoms with Gasteiger partial charge in [-0.1, -0.05) is 48.0 Å². The van der Waals surface area contributed by atoms with Gasteiger partial charge in [0.05, 0.1) is 32.1 Å². The van der Waals surface area contributed by atoms with Crippen LogP contribution in [0.5, 0.6) is 5.75 Å². The van der Waals surface area contributed by atoms with Crippen molar-refractivity contribution < 1.29 is 22.8 Å². The van der Waals surface area contributed by atoms with Crippen molar-refractivity contribution in [1.29, 1.82) is 0 Å². The Labute approximate surface area is 248 Å². The Morgan fingerprint density at radius 1 is 1.05 bits per heavy atom. The van der Waals surface area contributed by atoms with Crippen LogP contribution in [0.1, 0.15) is 16.7 Å². The number of ether oxygens (including phenoxy) is 1. The van der Waals surface area contributed by atoms with Gasteiger partial charge in [0.15, 0.2) is 5.82 Å². The zero-order chi connectivity index (χ0) is 30.0. The third-order valence-electron chi connectivity index (χ3n) is 6.06.